The molecule has 4 heteroatoms. The number of nitrogens with zero attached hydrogens (tertiary/aromatic N) is 1. The molecule has 98 valence electrons. The Labute approximate surface area is 108 Å². The number of hydrogen-bond acceptors (Lipinski definition) is 3. The van der Waals surface area contributed by atoms with Gasteiger partial charge in [0.2, 0.25) is 0 Å². The van der Waals surface area contributed by atoms with E-state index in [0.29, 0.717) is 23.1 Å². The predicted octanol–water partition coefficient (Wildman–Crippen LogP) is 2.09. The minimum Gasteiger partial charge on any atom is -0.338 e. The standard InChI is InChI=1S/C14H21N3O/c1-10-7-8-17(9-11(10)2)14(18)12-5-3-4-6-13(12)16-15/h3-6,10-11,16H,7-9,15H2,1-2H3. The summed E-state index contributed by atoms with van der Waals surface area (Å²) in [7, 11) is 0. The third-order valence-corrected chi connectivity index (χ3v) is 3.93. The van der Waals surface area contributed by atoms with Crippen molar-refractivity contribution in [2.75, 3.05) is 18.5 Å². The van der Waals surface area contributed by atoms with Crippen molar-refractivity contribution in [2.45, 2.75) is 20.3 Å². The first kappa shape index (κ1) is 12.9. The van der Waals surface area contributed by atoms with E-state index in [1.165, 1.54) is 0 Å². The van der Waals surface area contributed by atoms with Gasteiger partial charge in [0.15, 0.2) is 0 Å². The fourth-order valence-electron chi connectivity index (χ4n) is 2.41. The topological polar surface area (TPSA) is 58.4 Å². The van der Waals surface area contributed by atoms with Crippen molar-refractivity contribution >= 4 is 11.6 Å². The number of benzene rings is 1. The van der Waals surface area contributed by atoms with Gasteiger partial charge >= 0.3 is 0 Å². The second-order valence-electron chi connectivity index (χ2n) is 5.18. The minimum atomic E-state index is 0.0716. The number of amides is 1. The highest BCUT2D eigenvalue weighted by molar-refractivity contribution is 5.99. The number of rotatable bonds is 2. The summed E-state index contributed by atoms with van der Waals surface area (Å²) in [4.78, 5) is 14.4. The number of piperidine rings is 1. The molecule has 1 aromatic rings. The molecule has 0 aliphatic carbocycles. The number of nitrogens with two attached hydrogens (primary N) is 1. The number of carbonyl (C=O) groups is 1. The summed E-state index contributed by atoms with van der Waals surface area (Å²) in [5.41, 5.74) is 3.93. The van der Waals surface area contributed by atoms with E-state index >= 15 is 0 Å². The van der Waals surface area contributed by atoms with Crippen LogP contribution in [0.2, 0.25) is 0 Å². The Balaban J connectivity index is 2.16. The Kier molecular flexibility index (Phi) is 3.87. The van der Waals surface area contributed by atoms with Crippen molar-refractivity contribution in [3.8, 4) is 0 Å². The van der Waals surface area contributed by atoms with Crippen LogP contribution in [0.25, 0.3) is 0 Å². The molecule has 4 nitrogen and oxygen atoms in total. The molecule has 1 amide bonds. The van der Waals surface area contributed by atoms with Crippen LogP contribution in [0.5, 0.6) is 0 Å². The van der Waals surface area contributed by atoms with Crippen LogP contribution < -0.4 is 11.3 Å². The van der Waals surface area contributed by atoms with Gasteiger partial charge in [-0.3, -0.25) is 10.6 Å². The van der Waals surface area contributed by atoms with Crippen LogP contribution in [0, 0.1) is 11.8 Å². The number of nitrogen functional groups attached to an aromatic ring is 1. The zero-order valence-electron chi connectivity index (χ0n) is 11.0. The average Bonchev–Trinajstić information content (AvgIpc) is 2.41. The third-order valence-electron chi connectivity index (χ3n) is 3.93. The highest BCUT2D eigenvalue weighted by atomic mass is 16.2. The normalized spacial score (nSPS) is 23.8. The number of likely N-dealkylation sites (tertiary alicyclic amines) is 1. The number of hydrazine groups is 1. The Bertz CT molecular complexity index is 433. The Morgan fingerprint density at radius 2 is 2.06 bits per heavy atom. The third kappa shape index (κ3) is 2.48. The highest BCUT2D eigenvalue weighted by Gasteiger charge is 2.27. The maximum atomic E-state index is 12.5. The summed E-state index contributed by atoms with van der Waals surface area (Å²) in [5, 5.41) is 0. The van der Waals surface area contributed by atoms with Gasteiger partial charge in [-0.15, -0.1) is 0 Å². The lowest BCUT2D eigenvalue weighted by molar-refractivity contribution is 0.0628. The minimum absolute atomic E-state index is 0.0716. The van der Waals surface area contributed by atoms with Crippen LogP contribution in [0.1, 0.15) is 30.6 Å². The van der Waals surface area contributed by atoms with E-state index < -0.39 is 0 Å². The summed E-state index contributed by atoms with van der Waals surface area (Å²) in [5.74, 6) is 6.77. The van der Waals surface area contributed by atoms with Gasteiger partial charge in [-0.25, -0.2) is 0 Å². The van der Waals surface area contributed by atoms with E-state index in [-0.39, 0.29) is 5.91 Å². The summed E-state index contributed by atoms with van der Waals surface area (Å²) in [6, 6.07) is 7.38. The van der Waals surface area contributed by atoms with Crippen molar-refractivity contribution in [1.82, 2.24) is 4.90 Å². The van der Waals surface area contributed by atoms with Crippen molar-refractivity contribution in [1.29, 1.82) is 0 Å². The van der Waals surface area contributed by atoms with E-state index in [1.54, 1.807) is 0 Å². The smallest absolute Gasteiger partial charge is 0.256 e. The zero-order valence-corrected chi connectivity index (χ0v) is 11.0. The molecule has 18 heavy (non-hydrogen) atoms. The maximum absolute atomic E-state index is 12.5. The molecule has 0 bridgehead atoms. The number of carbonyl (C=O) groups excluding carboxylic acids is 1. The van der Waals surface area contributed by atoms with Gasteiger partial charge in [0.1, 0.15) is 0 Å². The quantitative estimate of drug-likeness (QED) is 0.621. The highest BCUT2D eigenvalue weighted by Crippen LogP contribution is 2.25. The molecular formula is C14H21N3O. The molecule has 2 rings (SSSR count). The van der Waals surface area contributed by atoms with E-state index in [4.69, 9.17) is 5.84 Å². The van der Waals surface area contributed by atoms with Gasteiger partial charge in [-0.1, -0.05) is 26.0 Å². The number of para-hydroxylation sites is 1. The first-order valence-electron chi connectivity index (χ1n) is 6.48. The van der Waals surface area contributed by atoms with Gasteiger partial charge in [0.05, 0.1) is 11.3 Å². The molecular weight excluding hydrogens is 226 g/mol. The molecule has 2 unspecified atom stereocenters. The second-order valence-corrected chi connectivity index (χ2v) is 5.18. The molecule has 1 fully saturated rings. The molecule has 0 aromatic heterocycles. The first-order chi connectivity index (χ1) is 8.63. The maximum Gasteiger partial charge on any atom is 0.256 e. The van der Waals surface area contributed by atoms with Crippen molar-refractivity contribution in [3.05, 3.63) is 29.8 Å². The van der Waals surface area contributed by atoms with Crippen LogP contribution in [-0.4, -0.2) is 23.9 Å². The van der Waals surface area contributed by atoms with Crippen LogP contribution >= 0.6 is 0 Å². The van der Waals surface area contributed by atoms with E-state index in [1.807, 2.05) is 29.2 Å². The lowest BCUT2D eigenvalue weighted by Gasteiger charge is -2.35. The fourth-order valence-corrected chi connectivity index (χ4v) is 2.41. The van der Waals surface area contributed by atoms with E-state index in [9.17, 15) is 4.79 Å². The molecule has 1 aliphatic rings. The largest absolute Gasteiger partial charge is 0.338 e. The molecule has 0 radical (unpaired) electrons. The van der Waals surface area contributed by atoms with Gasteiger partial charge in [0.25, 0.3) is 5.91 Å². The summed E-state index contributed by atoms with van der Waals surface area (Å²) in [6.45, 7) is 6.13. The Hall–Kier alpha value is -1.55. The van der Waals surface area contributed by atoms with E-state index in [2.05, 4.69) is 19.3 Å². The molecule has 0 spiro atoms. The summed E-state index contributed by atoms with van der Waals surface area (Å²) >= 11 is 0. The monoisotopic (exact) mass is 247 g/mol. The molecule has 3 N–H and O–H groups in total. The van der Waals surface area contributed by atoms with Gasteiger partial charge < -0.3 is 10.3 Å². The molecule has 1 aliphatic heterocycles. The van der Waals surface area contributed by atoms with Crippen molar-refractivity contribution in [3.63, 3.8) is 0 Å². The summed E-state index contributed by atoms with van der Waals surface area (Å²) < 4.78 is 0. The zero-order chi connectivity index (χ0) is 13.1. The summed E-state index contributed by atoms with van der Waals surface area (Å²) in [6.07, 6.45) is 1.07. The second kappa shape index (κ2) is 5.40. The Morgan fingerprint density at radius 1 is 1.33 bits per heavy atom. The number of hydrogen-bond donors (Lipinski definition) is 2. The van der Waals surface area contributed by atoms with Crippen LogP contribution in [-0.2, 0) is 0 Å². The van der Waals surface area contributed by atoms with Gasteiger partial charge in [-0.05, 0) is 30.4 Å². The van der Waals surface area contributed by atoms with Crippen LogP contribution in [0.3, 0.4) is 0 Å². The number of nitrogens with one attached hydrogen (secondary N) is 1. The first-order valence-corrected chi connectivity index (χ1v) is 6.48. The molecule has 1 aromatic carbocycles. The molecule has 1 saturated heterocycles. The van der Waals surface area contributed by atoms with Gasteiger partial charge in [0, 0.05) is 13.1 Å². The van der Waals surface area contributed by atoms with Crippen LogP contribution in [0.4, 0.5) is 5.69 Å². The molecule has 2 atom stereocenters. The lowest BCUT2D eigenvalue weighted by Crippen LogP contribution is -2.42. The SMILES string of the molecule is CC1CCN(C(=O)c2ccccc2NN)CC1C. The van der Waals surface area contributed by atoms with Crippen molar-refractivity contribution in [2.24, 2.45) is 17.7 Å². The Morgan fingerprint density at radius 3 is 2.72 bits per heavy atom. The average molecular weight is 247 g/mol. The van der Waals surface area contributed by atoms with Crippen molar-refractivity contribution < 1.29 is 4.79 Å². The molecule has 1 heterocycles. The fraction of sp³-hybridized carbons (Fsp3) is 0.500. The van der Waals surface area contributed by atoms with Crippen LogP contribution in [0.15, 0.2) is 24.3 Å². The lowest BCUT2D eigenvalue weighted by atomic mass is 9.88. The number of anilines is 1. The predicted molar refractivity (Wildman–Crippen MR) is 73.1 cm³/mol. The van der Waals surface area contributed by atoms with Gasteiger partial charge in [-0.2, -0.15) is 0 Å². The van der Waals surface area contributed by atoms with E-state index in [0.717, 1.165) is 19.5 Å². The molecule has 0 saturated carbocycles.